The molecular weight excluding hydrogens is 375 g/mol. The Morgan fingerprint density at radius 1 is 1.17 bits per heavy atom. The number of rotatable bonds is 4. The third kappa shape index (κ3) is 4.14. The van der Waals surface area contributed by atoms with Gasteiger partial charge in [-0.1, -0.05) is 41.9 Å². The van der Waals surface area contributed by atoms with Crippen LogP contribution in [0.1, 0.15) is 12.0 Å². The quantitative estimate of drug-likeness (QED) is 0.605. The number of halogens is 2. The average Bonchev–Trinajstić information content (AvgIpc) is 2.52. The molecule has 0 bridgehead atoms. The van der Waals surface area contributed by atoms with Gasteiger partial charge in [0.05, 0.1) is 16.9 Å². The molecule has 0 aromatic heterocycles. The summed E-state index contributed by atoms with van der Waals surface area (Å²) in [5, 5.41) is 3.45. The SMILES string of the molecule is O=S(=O)(Cl)c1cc2c(cc1Cl)NC(CCc1ccccc1)NS2. The van der Waals surface area contributed by atoms with Crippen LogP contribution in [0.2, 0.25) is 5.02 Å². The number of hydrogen-bond acceptors (Lipinski definition) is 5. The highest BCUT2D eigenvalue weighted by atomic mass is 35.7. The Hall–Kier alpha value is -0.920. The summed E-state index contributed by atoms with van der Waals surface area (Å²) in [4.78, 5) is 0.683. The molecule has 1 unspecified atom stereocenters. The fraction of sp³-hybridized carbons (Fsp3) is 0.200. The van der Waals surface area contributed by atoms with Crippen molar-refractivity contribution in [1.82, 2.24) is 4.72 Å². The summed E-state index contributed by atoms with van der Waals surface area (Å²) in [7, 11) is 1.53. The van der Waals surface area contributed by atoms with Crippen molar-refractivity contribution in [1.29, 1.82) is 0 Å². The summed E-state index contributed by atoms with van der Waals surface area (Å²) in [5.74, 6) is 0. The van der Waals surface area contributed by atoms with Crippen molar-refractivity contribution in [3.8, 4) is 0 Å². The lowest BCUT2D eigenvalue weighted by Crippen LogP contribution is -2.35. The molecule has 0 amide bonds. The van der Waals surface area contributed by atoms with Crippen LogP contribution in [0.15, 0.2) is 52.3 Å². The van der Waals surface area contributed by atoms with Crippen LogP contribution < -0.4 is 10.0 Å². The van der Waals surface area contributed by atoms with Gasteiger partial charge in [0.2, 0.25) is 0 Å². The van der Waals surface area contributed by atoms with E-state index in [-0.39, 0.29) is 16.1 Å². The Balaban J connectivity index is 1.73. The van der Waals surface area contributed by atoms with E-state index in [0.29, 0.717) is 0 Å². The van der Waals surface area contributed by atoms with E-state index in [1.807, 2.05) is 18.2 Å². The number of nitrogens with one attached hydrogen (secondary N) is 2. The molecule has 23 heavy (non-hydrogen) atoms. The maximum absolute atomic E-state index is 11.5. The topological polar surface area (TPSA) is 58.2 Å². The molecule has 0 radical (unpaired) electrons. The predicted molar refractivity (Wildman–Crippen MR) is 95.7 cm³/mol. The molecule has 4 nitrogen and oxygen atoms in total. The largest absolute Gasteiger partial charge is 0.368 e. The van der Waals surface area contributed by atoms with Crippen LogP contribution in [0.25, 0.3) is 0 Å². The first-order chi connectivity index (χ1) is 10.9. The van der Waals surface area contributed by atoms with Gasteiger partial charge in [-0.05, 0) is 42.5 Å². The van der Waals surface area contributed by atoms with Crippen LogP contribution in [0.5, 0.6) is 0 Å². The van der Waals surface area contributed by atoms with Crippen LogP contribution in [0, 0.1) is 0 Å². The van der Waals surface area contributed by atoms with Gasteiger partial charge >= 0.3 is 0 Å². The minimum absolute atomic E-state index is 0.0709. The fourth-order valence-electron chi connectivity index (χ4n) is 2.36. The summed E-state index contributed by atoms with van der Waals surface area (Å²) in [6.45, 7) is 0. The normalized spacial score (nSPS) is 17.4. The van der Waals surface area contributed by atoms with Crippen LogP contribution >= 0.6 is 34.2 Å². The maximum Gasteiger partial charge on any atom is 0.262 e. The van der Waals surface area contributed by atoms with Crippen LogP contribution in [0.3, 0.4) is 0 Å². The Bertz CT molecular complexity index is 814. The van der Waals surface area contributed by atoms with Crippen LogP contribution in [-0.2, 0) is 15.5 Å². The Morgan fingerprint density at radius 3 is 2.61 bits per heavy atom. The minimum atomic E-state index is -3.86. The van der Waals surface area contributed by atoms with E-state index < -0.39 is 9.05 Å². The van der Waals surface area contributed by atoms with Crippen molar-refractivity contribution in [2.75, 3.05) is 5.32 Å². The zero-order chi connectivity index (χ0) is 16.4. The third-order valence-corrected chi connectivity index (χ3v) is 6.25. The van der Waals surface area contributed by atoms with E-state index in [9.17, 15) is 8.42 Å². The van der Waals surface area contributed by atoms with Crippen LogP contribution in [0.4, 0.5) is 5.69 Å². The zero-order valence-corrected chi connectivity index (χ0v) is 15.1. The molecule has 122 valence electrons. The molecule has 0 fully saturated rings. The van der Waals surface area contributed by atoms with Gasteiger partial charge in [0.15, 0.2) is 0 Å². The molecule has 1 aliphatic rings. The first kappa shape index (κ1) is 16.9. The van der Waals surface area contributed by atoms with Gasteiger partial charge in [0.1, 0.15) is 4.90 Å². The van der Waals surface area contributed by atoms with Crippen molar-refractivity contribution in [2.45, 2.75) is 28.8 Å². The molecule has 8 heteroatoms. The van der Waals surface area contributed by atoms with Gasteiger partial charge in [0.25, 0.3) is 9.05 Å². The molecule has 1 aliphatic heterocycles. The second kappa shape index (κ2) is 6.91. The summed E-state index contributed by atoms with van der Waals surface area (Å²) >= 11 is 7.41. The molecular formula is C15H14Cl2N2O2S2. The van der Waals surface area contributed by atoms with E-state index in [1.54, 1.807) is 6.07 Å². The minimum Gasteiger partial charge on any atom is -0.368 e. The number of hydrogen-bond donors (Lipinski definition) is 2. The summed E-state index contributed by atoms with van der Waals surface area (Å²) < 4.78 is 26.3. The third-order valence-electron chi connectivity index (χ3n) is 3.50. The number of anilines is 1. The number of fused-ring (bicyclic) bond motifs is 1. The van der Waals surface area contributed by atoms with Crippen molar-refractivity contribution in [2.24, 2.45) is 0 Å². The maximum atomic E-state index is 11.5. The summed E-state index contributed by atoms with van der Waals surface area (Å²) in [6, 6.07) is 13.3. The van der Waals surface area contributed by atoms with Crippen molar-refractivity contribution >= 4 is 49.0 Å². The molecule has 1 atom stereocenters. The smallest absolute Gasteiger partial charge is 0.262 e. The van der Waals surface area contributed by atoms with E-state index >= 15 is 0 Å². The zero-order valence-electron chi connectivity index (χ0n) is 11.9. The Labute approximate surface area is 149 Å². The van der Waals surface area contributed by atoms with Crippen molar-refractivity contribution in [3.05, 3.63) is 53.1 Å². The van der Waals surface area contributed by atoms with Gasteiger partial charge in [-0.25, -0.2) is 13.1 Å². The van der Waals surface area contributed by atoms with Gasteiger partial charge in [-0.2, -0.15) is 0 Å². The van der Waals surface area contributed by atoms with Gasteiger partial charge < -0.3 is 5.32 Å². The van der Waals surface area contributed by atoms with E-state index in [4.69, 9.17) is 22.3 Å². The lowest BCUT2D eigenvalue weighted by atomic mass is 10.1. The number of aryl methyl sites for hydroxylation is 1. The fourth-order valence-corrected chi connectivity index (χ4v) is 4.80. The monoisotopic (exact) mass is 388 g/mol. The summed E-state index contributed by atoms with van der Waals surface area (Å²) in [5.41, 5.74) is 2.08. The standard InChI is InChI=1S/C15H14Cl2N2O2S2/c16-11-8-12-13(9-14(11)23(17,20)21)22-19-15(18-12)7-6-10-4-2-1-3-5-10/h1-5,8-9,15,18-19H,6-7H2. The molecule has 0 spiro atoms. The van der Waals surface area contributed by atoms with E-state index in [2.05, 4.69) is 22.2 Å². The molecule has 1 heterocycles. The molecule has 3 rings (SSSR count). The van der Waals surface area contributed by atoms with Crippen LogP contribution in [-0.4, -0.2) is 14.6 Å². The van der Waals surface area contributed by atoms with Gasteiger partial charge in [-0.3, -0.25) is 0 Å². The Kier molecular flexibility index (Phi) is 5.08. The molecule has 0 saturated carbocycles. The molecule has 2 aromatic rings. The summed E-state index contributed by atoms with van der Waals surface area (Å²) in [6.07, 6.45) is 1.90. The Morgan fingerprint density at radius 2 is 1.91 bits per heavy atom. The highest BCUT2D eigenvalue weighted by molar-refractivity contribution is 8.13. The number of benzene rings is 2. The highest BCUT2D eigenvalue weighted by Gasteiger charge is 2.23. The lowest BCUT2D eigenvalue weighted by Gasteiger charge is -2.28. The van der Waals surface area contributed by atoms with Crippen molar-refractivity contribution in [3.63, 3.8) is 0 Å². The first-order valence-corrected chi connectivity index (χ1v) is 10.4. The highest BCUT2D eigenvalue weighted by Crippen LogP contribution is 2.37. The van der Waals surface area contributed by atoms with E-state index in [0.717, 1.165) is 23.4 Å². The molecule has 0 aliphatic carbocycles. The predicted octanol–water partition coefficient (Wildman–Crippen LogP) is 4.25. The molecule has 2 N–H and O–H groups in total. The second-order valence-corrected chi connectivity index (χ2v) is 8.98. The van der Waals surface area contributed by atoms with Gasteiger partial charge in [-0.15, -0.1) is 0 Å². The molecule has 2 aromatic carbocycles. The van der Waals surface area contributed by atoms with Gasteiger partial charge in [0, 0.05) is 15.6 Å². The average molecular weight is 389 g/mol. The van der Waals surface area contributed by atoms with E-state index in [1.165, 1.54) is 23.6 Å². The molecule has 0 saturated heterocycles. The van der Waals surface area contributed by atoms with Crippen molar-refractivity contribution < 1.29 is 8.42 Å². The second-order valence-electron chi connectivity index (χ2n) is 5.16. The first-order valence-electron chi connectivity index (χ1n) is 6.94. The lowest BCUT2D eigenvalue weighted by molar-refractivity contribution is 0.609.